The molecule has 0 amide bonds. The van der Waals surface area contributed by atoms with E-state index >= 15 is 0 Å². The molecule has 4 nitrogen and oxygen atoms in total. The molecule has 0 unspecified atom stereocenters. The van der Waals surface area contributed by atoms with E-state index in [0.29, 0.717) is 6.61 Å². The van der Waals surface area contributed by atoms with Gasteiger partial charge in [-0.15, -0.1) is 0 Å². The second kappa shape index (κ2) is 8.12. The van der Waals surface area contributed by atoms with Crippen LogP contribution in [0.1, 0.15) is 32.8 Å². The van der Waals surface area contributed by atoms with Gasteiger partial charge in [0.1, 0.15) is 11.5 Å². The van der Waals surface area contributed by atoms with E-state index in [4.69, 9.17) is 14.2 Å². The first-order valence-electron chi connectivity index (χ1n) is 7.08. The van der Waals surface area contributed by atoms with Crippen LogP contribution < -0.4 is 14.8 Å². The first kappa shape index (κ1) is 16.8. The maximum atomic E-state index is 5.90. The molecule has 0 aliphatic carbocycles. The summed E-state index contributed by atoms with van der Waals surface area (Å²) in [4.78, 5) is 0. The Labute approximate surface area is 122 Å². The number of benzene rings is 1. The fourth-order valence-corrected chi connectivity index (χ4v) is 1.73. The van der Waals surface area contributed by atoms with Crippen molar-refractivity contribution in [2.75, 3.05) is 27.4 Å². The Kier molecular flexibility index (Phi) is 6.82. The number of hydrogen-bond acceptors (Lipinski definition) is 4. The van der Waals surface area contributed by atoms with Gasteiger partial charge in [-0.25, -0.2) is 0 Å². The first-order chi connectivity index (χ1) is 9.52. The lowest BCUT2D eigenvalue weighted by Crippen LogP contribution is -2.25. The minimum atomic E-state index is -0.158. The molecule has 0 atom stereocenters. The van der Waals surface area contributed by atoms with Crippen molar-refractivity contribution < 1.29 is 14.2 Å². The molecule has 1 rings (SSSR count). The smallest absolute Gasteiger partial charge is 0.124 e. The Bertz CT molecular complexity index is 405. The second-order valence-electron chi connectivity index (χ2n) is 5.32. The number of ether oxygens (including phenoxy) is 3. The Morgan fingerprint density at radius 2 is 1.95 bits per heavy atom. The molecule has 1 aromatic rings. The molecule has 1 aromatic carbocycles. The van der Waals surface area contributed by atoms with Crippen LogP contribution in [0.5, 0.6) is 11.5 Å². The summed E-state index contributed by atoms with van der Waals surface area (Å²) in [6.07, 6.45) is 0.843. The van der Waals surface area contributed by atoms with Crippen LogP contribution in [0, 0.1) is 0 Å². The summed E-state index contributed by atoms with van der Waals surface area (Å²) in [5, 5.41) is 3.31. The molecular formula is C16H27NO3. The van der Waals surface area contributed by atoms with Crippen molar-refractivity contribution in [2.24, 2.45) is 0 Å². The van der Waals surface area contributed by atoms with Crippen LogP contribution in [0.3, 0.4) is 0 Å². The summed E-state index contributed by atoms with van der Waals surface area (Å²) in [5.74, 6) is 1.75. The van der Waals surface area contributed by atoms with Gasteiger partial charge in [0.2, 0.25) is 0 Å². The van der Waals surface area contributed by atoms with Gasteiger partial charge in [-0.1, -0.05) is 6.92 Å². The van der Waals surface area contributed by atoms with Crippen molar-refractivity contribution in [1.29, 1.82) is 0 Å². The Morgan fingerprint density at radius 3 is 2.55 bits per heavy atom. The lowest BCUT2D eigenvalue weighted by atomic mass is 10.1. The molecule has 1 N–H and O–H groups in total. The van der Waals surface area contributed by atoms with Gasteiger partial charge in [0.25, 0.3) is 0 Å². The van der Waals surface area contributed by atoms with Crippen molar-refractivity contribution >= 4 is 0 Å². The fourth-order valence-electron chi connectivity index (χ4n) is 1.73. The number of hydrogen-bond donors (Lipinski definition) is 1. The van der Waals surface area contributed by atoms with Crippen molar-refractivity contribution in [2.45, 2.75) is 39.3 Å². The molecule has 0 aliphatic heterocycles. The average Bonchev–Trinajstić information content (AvgIpc) is 2.45. The quantitative estimate of drug-likeness (QED) is 0.755. The summed E-state index contributed by atoms with van der Waals surface area (Å²) < 4.78 is 16.6. The maximum Gasteiger partial charge on any atom is 0.124 e. The highest BCUT2D eigenvalue weighted by Crippen LogP contribution is 2.25. The minimum Gasteiger partial charge on any atom is -0.497 e. The zero-order chi connectivity index (χ0) is 15.0. The first-order valence-corrected chi connectivity index (χ1v) is 7.08. The van der Waals surface area contributed by atoms with Gasteiger partial charge in [0, 0.05) is 25.6 Å². The standard InChI is InChI=1S/C16H27NO3/c1-6-17-12-13-11-14(18-4)7-8-15(13)20-10-9-16(2,3)19-5/h7-8,11,17H,6,9-10,12H2,1-5H3. The van der Waals surface area contributed by atoms with E-state index in [9.17, 15) is 0 Å². The van der Waals surface area contributed by atoms with Gasteiger partial charge in [-0.05, 0) is 38.6 Å². The summed E-state index contributed by atoms with van der Waals surface area (Å²) in [7, 11) is 3.40. The molecule has 4 heteroatoms. The molecule has 0 saturated carbocycles. The van der Waals surface area contributed by atoms with Crippen molar-refractivity contribution in [1.82, 2.24) is 5.32 Å². The van der Waals surface area contributed by atoms with E-state index in [0.717, 1.165) is 36.6 Å². The zero-order valence-electron chi connectivity index (χ0n) is 13.3. The summed E-state index contributed by atoms with van der Waals surface area (Å²) in [6, 6.07) is 5.90. The van der Waals surface area contributed by atoms with Gasteiger partial charge in [0.05, 0.1) is 19.3 Å². The third-order valence-corrected chi connectivity index (χ3v) is 3.35. The van der Waals surface area contributed by atoms with Gasteiger partial charge >= 0.3 is 0 Å². The molecule has 0 radical (unpaired) electrons. The molecule has 0 saturated heterocycles. The van der Waals surface area contributed by atoms with Crippen molar-refractivity contribution in [3.05, 3.63) is 23.8 Å². The van der Waals surface area contributed by atoms with E-state index < -0.39 is 0 Å². The number of rotatable bonds is 9. The molecule has 20 heavy (non-hydrogen) atoms. The predicted molar refractivity (Wildman–Crippen MR) is 81.6 cm³/mol. The lowest BCUT2D eigenvalue weighted by Gasteiger charge is -2.23. The monoisotopic (exact) mass is 281 g/mol. The van der Waals surface area contributed by atoms with Gasteiger partial charge < -0.3 is 19.5 Å². The van der Waals surface area contributed by atoms with Crippen LogP contribution >= 0.6 is 0 Å². The van der Waals surface area contributed by atoms with Crippen LogP contribution in [0.2, 0.25) is 0 Å². The molecule has 0 heterocycles. The fraction of sp³-hybridized carbons (Fsp3) is 0.625. The van der Waals surface area contributed by atoms with E-state index in [1.807, 2.05) is 18.2 Å². The van der Waals surface area contributed by atoms with E-state index in [2.05, 4.69) is 26.1 Å². The summed E-state index contributed by atoms with van der Waals surface area (Å²) in [6.45, 7) is 8.53. The molecule has 0 aliphatic rings. The molecule has 0 spiro atoms. The highest BCUT2D eigenvalue weighted by molar-refractivity contribution is 5.40. The normalized spacial score (nSPS) is 11.4. The molecular weight excluding hydrogens is 254 g/mol. The van der Waals surface area contributed by atoms with Gasteiger partial charge in [-0.2, -0.15) is 0 Å². The van der Waals surface area contributed by atoms with Crippen LogP contribution in [0.15, 0.2) is 18.2 Å². The van der Waals surface area contributed by atoms with E-state index in [-0.39, 0.29) is 5.60 Å². The summed E-state index contributed by atoms with van der Waals surface area (Å²) in [5.41, 5.74) is 0.954. The minimum absolute atomic E-state index is 0.158. The van der Waals surface area contributed by atoms with Crippen molar-refractivity contribution in [3.63, 3.8) is 0 Å². The third-order valence-electron chi connectivity index (χ3n) is 3.35. The van der Waals surface area contributed by atoms with E-state index in [1.165, 1.54) is 0 Å². The molecule has 0 bridgehead atoms. The molecule has 0 fully saturated rings. The summed E-state index contributed by atoms with van der Waals surface area (Å²) >= 11 is 0. The highest BCUT2D eigenvalue weighted by Gasteiger charge is 2.16. The second-order valence-corrected chi connectivity index (χ2v) is 5.32. The van der Waals surface area contributed by atoms with Crippen LogP contribution in [0.4, 0.5) is 0 Å². The Morgan fingerprint density at radius 1 is 1.20 bits per heavy atom. The predicted octanol–water partition coefficient (Wildman–Crippen LogP) is 3.00. The largest absolute Gasteiger partial charge is 0.497 e. The van der Waals surface area contributed by atoms with Crippen molar-refractivity contribution in [3.8, 4) is 11.5 Å². The third kappa shape index (κ3) is 5.39. The Hall–Kier alpha value is -1.26. The SMILES string of the molecule is CCNCc1cc(OC)ccc1OCCC(C)(C)OC. The topological polar surface area (TPSA) is 39.7 Å². The highest BCUT2D eigenvalue weighted by atomic mass is 16.5. The maximum absolute atomic E-state index is 5.90. The number of methoxy groups -OCH3 is 2. The van der Waals surface area contributed by atoms with Crippen LogP contribution in [-0.4, -0.2) is 33.0 Å². The van der Waals surface area contributed by atoms with Crippen LogP contribution in [-0.2, 0) is 11.3 Å². The lowest BCUT2D eigenvalue weighted by molar-refractivity contribution is 0.00536. The number of nitrogens with one attached hydrogen (secondary N) is 1. The molecule has 114 valence electrons. The molecule has 0 aromatic heterocycles. The van der Waals surface area contributed by atoms with Gasteiger partial charge in [0.15, 0.2) is 0 Å². The Balaban J connectivity index is 2.67. The van der Waals surface area contributed by atoms with E-state index in [1.54, 1.807) is 14.2 Å². The zero-order valence-corrected chi connectivity index (χ0v) is 13.3. The van der Waals surface area contributed by atoms with Crippen LogP contribution in [0.25, 0.3) is 0 Å². The average molecular weight is 281 g/mol. The van der Waals surface area contributed by atoms with Gasteiger partial charge in [-0.3, -0.25) is 0 Å².